The Hall–Kier alpha value is -3.27. The Morgan fingerprint density at radius 2 is 1.86 bits per heavy atom. The van der Waals surface area contributed by atoms with Crippen molar-refractivity contribution in [1.82, 2.24) is 4.98 Å². The van der Waals surface area contributed by atoms with Gasteiger partial charge in [-0.1, -0.05) is 45.0 Å². The van der Waals surface area contributed by atoms with Crippen LogP contribution in [0.4, 0.5) is 17.2 Å². The van der Waals surface area contributed by atoms with Crippen molar-refractivity contribution in [3.05, 3.63) is 72.9 Å². The zero-order valence-corrected chi connectivity index (χ0v) is 21.5. The molecule has 4 aromatic rings. The van der Waals surface area contributed by atoms with E-state index in [1.54, 1.807) is 0 Å². The Morgan fingerprint density at radius 1 is 1.06 bits per heavy atom. The van der Waals surface area contributed by atoms with Crippen LogP contribution in [-0.2, 0) is 0 Å². The molecule has 35 heavy (non-hydrogen) atoms. The first-order valence-electron chi connectivity index (χ1n) is 13.0. The monoisotopic (exact) mass is 465 g/mol. The quantitative estimate of drug-likeness (QED) is 0.283. The standard InChI is InChI=1S/C31H35N3O/c1-7-20-22-17-23-21-13-10-11-15-27(21)35-28(23)18-26(22)34-29-25(14-12-16-32-29)33(19(4)5)30(34)31(6,9-3)24(20)8-2/h8,10-20,24,30H,2,7,9H2,1,3-6H3. The molecular formula is C31H35N3O. The van der Waals surface area contributed by atoms with Crippen molar-refractivity contribution >= 4 is 39.1 Å². The van der Waals surface area contributed by atoms with Crippen LogP contribution >= 0.6 is 0 Å². The number of anilines is 3. The maximum Gasteiger partial charge on any atom is 0.158 e. The van der Waals surface area contributed by atoms with Gasteiger partial charge >= 0.3 is 0 Å². The highest BCUT2D eigenvalue weighted by atomic mass is 16.3. The third kappa shape index (κ3) is 2.89. The Labute approximate surface area is 208 Å². The molecule has 2 aliphatic rings. The van der Waals surface area contributed by atoms with Crippen molar-refractivity contribution in [2.24, 2.45) is 11.3 Å². The summed E-state index contributed by atoms with van der Waals surface area (Å²) in [6.07, 6.45) is 6.40. The van der Waals surface area contributed by atoms with E-state index in [9.17, 15) is 0 Å². The van der Waals surface area contributed by atoms with E-state index in [4.69, 9.17) is 9.40 Å². The van der Waals surface area contributed by atoms with Gasteiger partial charge in [0.05, 0.1) is 11.4 Å². The van der Waals surface area contributed by atoms with E-state index < -0.39 is 0 Å². The molecule has 0 aliphatic carbocycles. The third-order valence-corrected chi connectivity index (χ3v) is 8.76. The Morgan fingerprint density at radius 3 is 2.57 bits per heavy atom. The fourth-order valence-electron chi connectivity index (χ4n) is 7.00. The van der Waals surface area contributed by atoms with E-state index in [0.717, 1.165) is 29.8 Å². The van der Waals surface area contributed by atoms with E-state index in [1.807, 2.05) is 12.3 Å². The van der Waals surface area contributed by atoms with Gasteiger partial charge in [0.15, 0.2) is 5.82 Å². The van der Waals surface area contributed by atoms with E-state index >= 15 is 0 Å². The zero-order chi connectivity index (χ0) is 24.5. The van der Waals surface area contributed by atoms with Crippen LogP contribution in [0.1, 0.15) is 58.9 Å². The predicted octanol–water partition coefficient (Wildman–Crippen LogP) is 8.40. The molecule has 180 valence electrons. The first-order valence-corrected chi connectivity index (χ1v) is 13.0. The van der Waals surface area contributed by atoms with Crippen LogP contribution in [0, 0.1) is 11.3 Å². The van der Waals surface area contributed by atoms with Gasteiger partial charge in [0, 0.05) is 34.5 Å². The second-order valence-electron chi connectivity index (χ2n) is 10.7. The molecule has 4 atom stereocenters. The summed E-state index contributed by atoms with van der Waals surface area (Å²) in [6.45, 7) is 16.1. The van der Waals surface area contributed by atoms with Crippen molar-refractivity contribution in [1.29, 1.82) is 0 Å². The molecule has 2 aromatic heterocycles. The van der Waals surface area contributed by atoms with Gasteiger partial charge in [-0.15, -0.1) is 6.58 Å². The summed E-state index contributed by atoms with van der Waals surface area (Å²) in [5, 5.41) is 2.37. The maximum atomic E-state index is 6.39. The van der Waals surface area contributed by atoms with E-state index in [1.165, 1.54) is 27.7 Å². The van der Waals surface area contributed by atoms with Crippen LogP contribution in [0.15, 0.2) is 71.8 Å². The highest BCUT2D eigenvalue weighted by Gasteiger charge is 2.55. The van der Waals surface area contributed by atoms with Crippen LogP contribution < -0.4 is 9.80 Å². The first kappa shape index (κ1) is 22.2. The number of fused-ring (bicyclic) bond motifs is 8. The molecule has 6 rings (SSSR count). The average molecular weight is 466 g/mol. The summed E-state index contributed by atoms with van der Waals surface area (Å²) in [5.41, 5.74) is 5.65. The summed E-state index contributed by atoms with van der Waals surface area (Å²) >= 11 is 0. The molecule has 0 N–H and O–H groups in total. The van der Waals surface area contributed by atoms with Crippen LogP contribution in [0.3, 0.4) is 0 Å². The van der Waals surface area contributed by atoms with Gasteiger partial charge in [0.25, 0.3) is 0 Å². The minimum Gasteiger partial charge on any atom is -0.456 e. The van der Waals surface area contributed by atoms with Crippen molar-refractivity contribution < 1.29 is 4.42 Å². The lowest BCUT2D eigenvalue weighted by Gasteiger charge is -2.49. The smallest absolute Gasteiger partial charge is 0.158 e. The molecule has 4 nitrogen and oxygen atoms in total. The first-order chi connectivity index (χ1) is 16.9. The summed E-state index contributed by atoms with van der Waals surface area (Å²) in [5.74, 6) is 1.72. The lowest BCUT2D eigenvalue weighted by molar-refractivity contribution is 0.144. The number of allylic oxidation sites excluding steroid dienone is 1. The number of pyridine rings is 1. The fraction of sp³-hybridized carbons (Fsp3) is 0.387. The van der Waals surface area contributed by atoms with E-state index in [0.29, 0.717) is 17.9 Å². The fourth-order valence-corrected chi connectivity index (χ4v) is 7.00. The van der Waals surface area contributed by atoms with Gasteiger partial charge in [0.1, 0.15) is 17.3 Å². The van der Waals surface area contributed by atoms with Crippen molar-refractivity contribution in [2.45, 2.75) is 65.6 Å². The summed E-state index contributed by atoms with van der Waals surface area (Å²) in [4.78, 5) is 10.1. The largest absolute Gasteiger partial charge is 0.456 e. The number of hydrogen-bond acceptors (Lipinski definition) is 4. The zero-order valence-electron chi connectivity index (χ0n) is 21.5. The van der Waals surface area contributed by atoms with Crippen LogP contribution in [-0.4, -0.2) is 17.2 Å². The van der Waals surface area contributed by atoms with Crippen LogP contribution in [0.5, 0.6) is 0 Å². The van der Waals surface area contributed by atoms with Gasteiger partial charge in [-0.2, -0.15) is 0 Å². The summed E-state index contributed by atoms with van der Waals surface area (Å²) in [7, 11) is 0. The van der Waals surface area contributed by atoms with Gasteiger partial charge in [-0.25, -0.2) is 4.98 Å². The molecule has 4 heteroatoms. The number of rotatable bonds is 4. The summed E-state index contributed by atoms with van der Waals surface area (Å²) in [6, 6.07) is 17.7. The second-order valence-corrected chi connectivity index (χ2v) is 10.7. The Kier molecular flexibility index (Phi) is 5.00. The molecule has 0 saturated heterocycles. The second kappa shape index (κ2) is 7.87. The van der Waals surface area contributed by atoms with E-state index in [2.05, 4.69) is 99.5 Å². The van der Waals surface area contributed by atoms with Crippen molar-refractivity contribution in [2.75, 3.05) is 9.80 Å². The van der Waals surface area contributed by atoms with Gasteiger partial charge in [0.2, 0.25) is 0 Å². The predicted molar refractivity (Wildman–Crippen MR) is 147 cm³/mol. The normalized spacial score (nSPS) is 25.6. The Bertz CT molecular complexity index is 1440. The topological polar surface area (TPSA) is 32.5 Å². The molecule has 4 unspecified atom stereocenters. The van der Waals surface area contributed by atoms with Crippen LogP contribution in [0.25, 0.3) is 21.9 Å². The highest BCUT2D eigenvalue weighted by molar-refractivity contribution is 6.06. The van der Waals surface area contributed by atoms with Crippen molar-refractivity contribution in [3.8, 4) is 0 Å². The number of para-hydroxylation sites is 1. The molecule has 4 heterocycles. The number of nitrogens with zero attached hydrogens (tertiary/aromatic N) is 3. The molecule has 0 spiro atoms. The maximum absolute atomic E-state index is 6.39. The molecule has 0 saturated carbocycles. The van der Waals surface area contributed by atoms with Crippen LogP contribution in [0.2, 0.25) is 0 Å². The minimum absolute atomic E-state index is 0.0321. The number of furan rings is 1. The number of hydrogen-bond donors (Lipinski definition) is 0. The molecular weight excluding hydrogens is 430 g/mol. The molecule has 0 radical (unpaired) electrons. The summed E-state index contributed by atoms with van der Waals surface area (Å²) < 4.78 is 6.39. The molecule has 2 aliphatic heterocycles. The number of benzene rings is 2. The van der Waals surface area contributed by atoms with Crippen molar-refractivity contribution in [3.63, 3.8) is 0 Å². The molecule has 0 fully saturated rings. The molecule has 2 aromatic carbocycles. The number of aromatic nitrogens is 1. The third-order valence-electron chi connectivity index (χ3n) is 8.76. The molecule has 0 amide bonds. The SMILES string of the molecule is C=CC1C(CC)c2cc3c(cc2N2c4ncccc4N(C(C)C)C2C1(C)CC)oc1ccccc13. The van der Waals surface area contributed by atoms with Gasteiger partial charge in [-0.05, 0) is 68.4 Å². The van der Waals surface area contributed by atoms with Gasteiger partial charge in [-0.3, -0.25) is 0 Å². The average Bonchev–Trinajstić information content (AvgIpc) is 3.39. The lowest BCUT2D eigenvalue weighted by Crippen LogP contribution is -2.56. The lowest BCUT2D eigenvalue weighted by atomic mass is 9.65. The van der Waals surface area contributed by atoms with Gasteiger partial charge < -0.3 is 14.2 Å². The highest BCUT2D eigenvalue weighted by Crippen LogP contribution is 2.60. The Balaban J connectivity index is 1.74. The molecule has 0 bridgehead atoms. The minimum atomic E-state index is -0.0321. The van der Waals surface area contributed by atoms with E-state index in [-0.39, 0.29) is 11.6 Å².